The Morgan fingerprint density at radius 3 is 2.63 bits per heavy atom. The average Bonchev–Trinajstić information content (AvgIpc) is 2.38. The Hall–Kier alpha value is -1.55. The summed E-state index contributed by atoms with van der Waals surface area (Å²) in [5, 5.41) is 0. The third-order valence-corrected chi connectivity index (χ3v) is 3.48. The molecule has 0 spiro atoms. The van der Waals surface area contributed by atoms with E-state index in [-0.39, 0.29) is 5.91 Å². The zero-order valence-electron chi connectivity index (χ0n) is 11.7. The number of nitrogens with two attached hydrogens (primary N) is 1. The number of nitrogens with zero attached hydrogens (tertiary/aromatic N) is 1. The third kappa shape index (κ3) is 3.47. The molecule has 19 heavy (non-hydrogen) atoms. The molecule has 104 valence electrons. The monoisotopic (exact) mass is 262 g/mol. The van der Waals surface area contributed by atoms with Crippen LogP contribution in [0.2, 0.25) is 0 Å². The Morgan fingerprint density at radius 1 is 1.37 bits per heavy atom. The maximum atomic E-state index is 12.4. The Labute approximate surface area is 114 Å². The minimum Gasteiger partial charge on any atom is -0.399 e. The number of carbonyl (C=O) groups is 1. The highest BCUT2D eigenvalue weighted by atomic mass is 16.5. The summed E-state index contributed by atoms with van der Waals surface area (Å²) in [5.74, 6) is 0.0744. The molecule has 1 heterocycles. The molecule has 0 unspecified atom stereocenters. The molecule has 0 aliphatic carbocycles. The molecule has 0 atom stereocenters. The molecule has 4 nitrogen and oxygen atoms in total. The van der Waals surface area contributed by atoms with E-state index in [0.717, 1.165) is 38.1 Å². The number of hydrogen-bond donors (Lipinski definition) is 1. The van der Waals surface area contributed by atoms with Gasteiger partial charge in [-0.25, -0.2) is 0 Å². The van der Waals surface area contributed by atoms with Gasteiger partial charge in [0.05, 0.1) is 6.10 Å². The van der Waals surface area contributed by atoms with Crippen LogP contribution in [0, 0.1) is 6.92 Å². The second-order valence-corrected chi connectivity index (χ2v) is 5.08. The molecule has 1 aromatic carbocycles. The first-order valence-electron chi connectivity index (χ1n) is 6.88. The van der Waals surface area contributed by atoms with E-state index in [2.05, 4.69) is 0 Å². The van der Waals surface area contributed by atoms with Crippen LogP contribution in [-0.4, -0.2) is 36.6 Å². The van der Waals surface area contributed by atoms with Crippen molar-refractivity contribution in [1.82, 2.24) is 4.90 Å². The van der Waals surface area contributed by atoms with Gasteiger partial charge in [-0.3, -0.25) is 4.79 Å². The number of amides is 1. The molecular formula is C15H22N2O2. The standard InChI is InChI=1S/C15H22N2O2/c1-3-19-14-4-6-17(7-5-14)15(18)12-8-11(2)9-13(16)10-12/h8-10,14H,3-7,16H2,1-2H3. The van der Waals surface area contributed by atoms with Gasteiger partial charge in [0, 0.05) is 30.9 Å². The highest BCUT2D eigenvalue weighted by Crippen LogP contribution is 2.18. The molecule has 0 bridgehead atoms. The van der Waals surface area contributed by atoms with Crippen molar-refractivity contribution in [1.29, 1.82) is 0 Å². The number of aryl methyl sites for hydroxylation is 1. The number of benzene rings is 1. The lowest BCUT2D eigenvalue weighted by atomic mass is 10.0. The molecule has 1 fully saturated rings. The predicted molar refractivity (Wildman–Crippen MR) is 76.1 cm³/mol. The van der Waals surface area contributed by atoms with Gasteiger partial charge in [0.1, 0.15) is 0 Å². The van der Waals surface area contributed by atoms with E-state index in [1.165, 1.54) is 0 Å². The Balaban J connectivity index is 2.01. The van der Waals surface area contributed by atoms with Crippen LogP contribution in [-0.2, 0) is 4.74 Å². The first-order valence-corrected chi connectivity index (χ1v) is 6.88. The van der Waals surface area contributed by atoms with Crippen LogP contribution in [0.4, 0.5) is 5.69 Å². The van der Waals surface area contributed by atoms with E-state index in [1.807, 2.05) is 30.9 Å². The van der Waals surface area contributed by atoms with Crippen LogP contribution in [0.5, 0.6) is 0 Å². The Bertz CT molecular complexity index is 431. The fourth-order valence-corrected chi connectivity index (χ4v) is 2.58. The largest absolute Gasteiger partial charge is 0.399 e. The van der Waals surface area contributed by atoms with Crippen LogP contribution in [0.3, 0.4) is 0 Å². The first-order chi connectivity index (χ1) is 9.10. The van der Waals surface area contributed by atoms with Gasteiger partial charge in [-0.05, 0) is 50.5 Å². The molecule has 1 aliphatic heterocycles. The van der Waals surface area contributed by atoms with Crippen LogP contribution >= 0.6 is 0 Å². The number of ether oxygens (including phenoxy) is 1. The van der Waals surface area contributed by atoms with Crippen molar-refractivity contribution in [3.63, 3.8) is 0 Å². The second-order valence-electron chi connectivity index (χ2n) is 5.08. The molecule has 1 aliphatic rings. The van der Waals surface area contributed by atoms with Crippen molar-refractivity contribution in [3.8, 4) is 0 Å². The van der Waals surface area contributed by atoms with Crippen LogP contribution in [0.15, 0.2) is 18.2 Å². The predicted octanol–water partition coefficient (Wildman–Crippen LogP) is 2.22. The minimum atomic E-state index is 0.0744. The summed E-state index contributed by atoms with van der Waals surface area (Å²) in [6.45, 7) is 6.23. The average molecular weight is 262 g/mol. The summed E-state index contributed by atoms with van der Waals surface area (Å²) in [6, 6.07) is 5.52. The van der Waals surface area contributed by atoms with Crippen molar-refractivity contribution in [2.24, 2.45) is 0 Å². The first kappa shape index (κ1) is 13.9. The molecular weight excluding hydrogens is 240 g/mol. The number of rotatable bonds is 3. The molecule has 4 heteroatoms. The van der Waals surface area contributed by atoms with Crippen LogP contribution in [0.25, 0.3) is 0 Å². The lowest BCUT2D eigenvalue weighted by Crippen LogP contribution is -2.40. The SMILES string of the molecule is CCOC1CCN(C(=O)c2cc(C)cc(N)c2)CC1. The van der Waals surface area contributed by atoms with Gasteiger partial charge in [0.25, 0.3) is 5.91 Å². The summed E-state index contributed by atoms with van der Waals surface area (Å²) >= 11 is 0. The smallest absolute Gasteiger partial charge is 0.253 e. The highest BCUT2D eigenvalue weighted by Gasteiger charge is 2.23. The molecule has 2 rings (SSSR count). The van der Waals surface area contributed by atoms with Gasteiger partial charge in [-0.1, -0.05) is 0 Å². The third-order valence-electron chi connectivity index (χ3n) is 3.48. The molecule has 1 amide bonds. The molecule has 0 saturated carbocycles. The van der Waals surface area contributed by atoms with E-state index in [0.29, 0.717) is 17.4 Å². The lowest BCUT2D eigenvalue weighted by Gasteiger charge is -2.32. The fraction of sp³-hybridized carbons (Fsp3) is 0.533. The van der Waals surface area contributed by atoms with Gasteiger partial charge < -0.3 is 15.4 Å². The minimum absolute atomic E-state index is 0.0744. The molecule has 1 aromatic rings. The topological polar surface area (TPSA) is 55.6 Å². The van der Waals surface area contributed by atoms with Crippen molar-refractivity contribution in [2.45, 2.75) is 32.8 Å². The van der Waals surface area contributed by atoms with E-state index in [4.69, 9.17) is 10.5 Å². The van der Waals surface area contributed by atoms with Gasteiger partial charge in [-0.15, -0.1) is 0 Å². The summed E-state index contributed by atoms with van der Waals surface area (Å²) in [4.78, 5) is 14.3. The van der Waals surface area contributed by atoms with Crippen molar-refractivity contribution >= 4 is 11.6 Å². The quantitative estimate of drug-likeness (QED) is 0.850. The summed E-state index contributed by atoms with van der Waals surface area (Å²) in [7, 11) is 0. The van der Waals surface area contributed by atoms with Crippen molar-refractivity contribution < 1.29 is 9.53 Å². The normalized spacial score (nSPS) is 16.6. The van der Waals surface area contributed by atoms with Gasteiger partial charge in [0.15, 0.2) is 0 Å². The van der Waals surface area contributed by atoms with Crippen LogP contribution < -0.4 is 5.73 Å². The van der Waals surface area contributed by atoms with E-state index in [9.17, 15) is 4.79 Å². The van der Waals surface area contributed by atoms with Crippen LogP contribution in [0.1, 0.15) is 35.7 Å². The highest BCUT2D eigenvalue weighted by molar-refractivity contribution is 5.95. The Kier molecular flexibility index (Phi) is 4.43. The zero-order valence-corrected chi connectivity index (χ0v) is 11.7. The van der Waals surface area contributed by atoms with E-state index in [1.54, 1.807) is 6.07 Å². The number of anilines is 1. The maximum Gasteiger partial charge on any atom is 0.253 e. The van der Waals surface area contributed by atoms with Gasteiger partial charge >= 0.3 is 0 Å². The number of hydrogen-bond acceptors (Lipinski definition) is 3. The molecule has 0 radical (unpaired) electrons. The number of carbonyl (C=O) groups excluding carboxylic acids is 1. The van der Waals surface area contributed by atoms with E-state index < -0.39 is 0 Å². The summed E-state index contributed by atoms with van der Waals surface area (Å²) in [5.41, 5.74) is 8.15. The summed E-state index contributed by atoms with van der Waals surface area (Å²) in [6.07, 6.45) is 2.14. The number of likely N-dealkylation sites (tertiary alicyclic amines) is 1. The molecule has 2 N–H and O–H groups in total. The lowest BCUT2D eigenvalue weighted by molar-refractivity contribution is 0.0146. The Morgan fingerprint density at radius 2 is 2.05 bits per heavy atom. The second kappa shape index (κ2) is 6.06. The van der Waals surface area contributed by atoms with Crippen molar-refractivity contribution in [2.75, 3.05) is 25.4 Å². The van der Waals surface area contributed by atoms with E-state index >= 15 is 0 Å². The molecule has 0 aromatic heterocycles. The fourth-order valence-electron chi connectivity index (χ4n) is 2.58. The maximum absolute atomic E-state index is 12.4. The number of piperidine rings is 1. The summed E-state index contributed by atoms with van der Waals surface area (Å²) < 4.78 is 5.60. The van der Waals surface area contributed by atoms with Gasteiger partial charge in [0.2, 0.25) is 0 Å². The number of nitrogen functional groups attached to an aromatic ring is 1. The van der Waals surface area contributed by atoms with Gasteiger partial charge in [-0.2, -0.15) is 0 Å². The van der Waals surface area contributed by atoms with Crippen molar-refractivity contribution in [3.05, 3.63) is 29.3 Å². The molecule has 1 saturated heterocycles. The zero-order chi connectivity index (χ0) is 13.8.